The maximum atomic E-state index is 12.3. The molecule has 0 atom stereocenters. The van der Waals surface area contributed by atoms with Gasteiger partial charge in [-0.25, -0.2) is 0 Å². The van der Waals surface area contributed by atoms with Gasteiger partial charge in [0.15, 0.2) is 0 Å². The molecule has 2 aromatic rings. The fraction of sp³-hybridized carbons (Fsp3) is 0.200. The van der Waals surface area contributed by atoms with Gasteiger partial charge in [0.1, 0.15) is 11.6 Å². The molecule has 2 N–H and O–H groups in total. The number of rotatable bonds is 5. The van der Waals surface area contributed by atoms with E-state index in [1.54, 1.807) is 0 Å². The smallest absolute Gasteiger partial charge is 0.267 e. The second-order valence-corrected chi connectivity index (χ2v) is 5.76. The highest BCUT2D eigenvalue weighted by atomic mass is 16.1. The van der Waals surface area contributed by atoms with Gasteiger partial charge in [-0.1, -0.05) is 48.0 Å². The van der Waals surface area contributed by atoms with Crippen molar-refractivity contribution in [3.05, 3.63) is 76.5 Å². The molecule has 122 valence electrons. The Kier molecular flexibility index (Phi) is 5.75. The zero-order valence-corrected chi connectivity index (χ0v) is 14.2. The number of hydrogen-bond donors (Lipinski definition) is 2. The Morgan fingerprint density at radius 2 is 1.75 bits per heavy atom. The van der Waals surface area contributed by atoms with Crippen molar-refractivity contribution in [1.82, 2.24) is 5.32 Å². The number of nitrogens with zero attached hydrogens (tertiary/aromatic N) is 1. The van der Waals surface area contributed by atoms with Crippen LogP contribution in [0, 0.1) is 32.1 Å². The first-order valence-corrected chi connectivity index (χ1v) is 7.78. The number of amides is 1. The number of anilines is 1. The summed E-state index contributed by atoms with van der Waals surface area (Å²) in [6.45, 7) is 6.46. The summed E-state index contributed by atoms with van der Waals surface area (Å²) in [5, 5.41) is 15.1. The van der Waals surface area contributed by atoms with Gasteiger partial charge in [0.25, 0.3) is 5.91 Å². The van der Waals surface area contributed by atoms with Gasteiger partial charge in [-0.15, -0.1) is 0 Å². The summed E-state index contributed by atoms with van der Waals surface area (Å²) < 4.78 is 0. The van der Waals surface area contributed by atoms with Gasteiger partial charge in [-0.05, 0) is 37.5 Å². The van der Waals surface area contributed by atoms with Crippen LogP contribution in [0.25, 0.3) is 0 Å². The average Bonchev–Trinajstić information content (AvgIpc) is 2.55. The third-order valence-electron chi connectivity index (χ3n) is 3.68. The Labute approximate surface area is 142 Å². The Hall–Kier alpha value is -3.06. The largest absolute Gasteiger partial charge is 0.386 e. The molecule has 0 aliphatic rings. The summed E-state index contributed by atoms with van der Waals surface area (Å²) in [4.78, 5) is 12.3. The van der Waals surface area contributed by atoms with E-state index in [1.807, 2.05) is 69.3 Å². The van der Waals surface area contributed by atoms with Gasteiger partial charge >= 0.3 is 0 Å². The van der Waals surface area contributed by atoms with Crippen molar-refractivity contribution in [2.45, 2.75) is 27.3 Å². The fourth-order valence-electron chi connectivity index (χ4n) is 2.57. The van der Waals surface area contributed by atoms with Crippen molar-refractivity contribution >= 4 is 11.6 Å². The van der Waals surface area contributed by atoms with Crippen LogP contribution in [0.3, 0.4) is 0 Å². The quantitative estimate of drug-likeness (QED) is 0.651. The first-order chi connectivity index (χ1) is 11.5. The molecule has 0 saturated carbocycles. The topological polar surface area (TPSA) is 64.9 Å². The second-order valence-electron chi connectivity index (χ2n) is 5.76. The zero-order valence-electron chi connectivity index (χ0n) is 14.2. The predicted octanol–water partition coefficient (Wildman–Crippen LogP) is 3.75. The lowest BCUT2D eigenvalue weighted by molar-refractivity contribution is -0.112. The summed E-state index contributed by atoms with van der Waals surface area (Å²) in [6, 6.07) is 15.7. The van der Waals surface area contributed by atoms with Crippen LogP contribution in [0.2, 0.25) is 0 Å². The molecular formula is C20H21N3O. The summed E-state index contributed by atoms with van der Waals surface area (Å²) in [6.07, 6.45) is 1.46. The molecule has 0 bridgehead atoms. The Bertz CT molecular complexity index is 778. The van der Waals surface area contributed by atoms with Crippen molar-refractivity contribution in [1.29, 1.82) is 5.26 Å². The number of carbonyl (C=O) groups excluding carboxylic acids is 1. The van der Waals surface area contributed by atoms with Gasteiger partial charge in [0.05, 0.1) is 0 Å². The normalized spacial score (nSPS) is 10.8. The number of nitrogens with one attached hydrogen (secondary N) is 2. The Balaban J connectivity index is 2.07. The van der Waals surface area contributed by atoms with Gasteiger partial charge in [-0.2, -0.15) is 5.26 Å². The fourth-order valence-corrected chi connectivity index (χ4v) is 2.57. The summed E-state index contributed by atoms with van der Waals surface area (Å²) in [5.74, 6) is -0.409. The van der Waals surface area contributed by atoms with Crippen molar-refractivity contribution in [2.24, 2.45) is 0 Å². The third-order valence-corrected chi connectivity index (χ3v) is 3.68. The first kappa shape index (κ1) is 17.3. The van der Waals surface area contributed by atoms with E-state index in [-0.39, 0.29) is 5.57 Å². The van der Waals surface area contributed by atoms with E-state index < -0.39 is 5.91 Å². The van der Waals surface area contributed by atoms with E-state index in [2.05, 4.69) is 10.6 Å². The lowest BCUT2D eigenvalue weighted by atomic mass is 10.0. The molecule has 0 saturated heterocycles. The van der Waals surface area contributed by atoms with Crippen molar-refractivity contribution in [3.63, 3.8) is 0 Å². The predicted molar refractivity (Wildman–Crippen MR) is 96.3 cm³/mol. The molecule has 0 aromatic heterocycles. The van der Waals surface area contributed by atoms with E-state index in [9.17, 15) is 10.1 Å². The van der Waals surface area contributed by atoms with Crippen LogP contribution < -0.4 is 10.6 Å². The molecule has 24 heavy (non-hydrogen) atoms. The number of hydrogen-bond acceptors (Lipinski definition) is 3. The van der Waals surface area contributed by atoms with Crippen LogP contribution in [-0.4, -0.2) is 5.91 Å². The molecule has 4 nitrogen and oxygen atoms in total. The van der Waals surface area contributed by atoms with E-state index in [0.717, 1.165) is 27.9 Å². The van der Waals surface area contributed by atoms with Gasteiger partial charge in [0, 0.05) is 18.4 Å². The summed E-state index contributed by atoms with van der Waals surface area (Å²) >= 11 is 0. The number of aryl methyl sites for hydroxylation is 3. The van der Waals surface area contributed by atoms with Crippen LogP contribution in [-0.2, 0) is 11.3 Å². The van der Waals surface area contributed by atoms with Crippen LogP contribution in [0.5, 0.6) is 0 Å². The number of carbonyl (C=O) groups is 1. The SMILES string of the molecule is Cc1cc(C)c(NC(=O)/C(C#N)=C\NCc2ccccc2)c(C)c1. The third kappa shape index (κ3) is 4.47. The first-order valence-electron chi connectivity index (χ1n) is 7.78. The van der Waals surface area contributed by atoms with Gasteiger partial charge in [0.2, 0.25) is 0 Å². The molecule has 0 heterocycles. The lowest BCUT2D eigenvalue weighted by Gasteiger charge is -2.12. The maximum Gasteiger partial charge on any atom is 0.267 e. The minimum Gasteiger partial charge on any atom is -0.386 e. The minimum atomic E-state index is -0.409. The van der Waals surface area contributed by atoms with Crippen molar-refractivity contribution in [2.75, 3.05) is 5.32 Å². The number of benzene rings is 2. The highest BCUT2D eigenvalue weighted by Gasteiger charge is 2.12. The minimum absolute atomic E-state index is 0.0466. The summed E-state index contributed by atoms with van der Waals surface area (Å²) in [5.41, 5.74) is 4.99. The van der Waals surface area contributed by atoms with Crippen LogP contribution in [0.4, 0.5) is 5.69 Å². The van der Waals surface area contributed by atoms with Gasteiger partial charge in [-0.3, -0.25) is 4.79 Å². The molecule has 1 amide bonds. The highest BCUT2D eigenvalue weighted by Crippen LogP contribution is 2.22. The van der Waals surface area contributed by atoms with E-state index in [4.69, 9.17) is 0 Å². The highest BCUT2D eigenvalue weighted by molar-refractivity contribution is 6.07. The average molecular weight is 319 g/mol. The Morgan fingerprint density at radius 1 is 1.12 bits per heavy atom. The van der Waals surface area contributed by atoms with Crippen LogP contribution in [0.1, 0.15) is 22.3 Å². The van der Waals surface area contributed by atoms with E-state index in [0.29, 0.717) is 6.54 Å². The molecule has 0 unspecified atom stereocenters. The molecule has 0 aliphatic heterocycles. The molecule has 2 rings (SSSR count). The van der Waals surface area contributed by atoms with Crippen LogP contribution >= 0.6 is 0 Å². The van der Waals surface area contributed by atoms with E-state index >= 15 is 0 Å². The second kappa shape index (κ2) is 7.98. The van der Waals surface area contributed by atoms with Gasteiger partial charge < -0.3 is 10.6 Å². The molecule has 4 heteroatoms. The van der Waals surface area contributed by atoms with E-state index in [1.165, 1.54) is 6.20 Å². The number of nitriles is 1. The van der Waals surface area contributed by atoms with Crippen molar-refractivity contribution < 1.29 is 4.79 Å². The summed E-state index contributed by atoms with van der Waals surface area (Å²) in [7, 11) is 0. The Morgan fingerprint density at radius 3 is 2.33 bits per heavy atom. The molecule has 2 aromatic carbocycles. The molecule has 0 aliphatic carbocycles. The molecule has 0 fully saturated rings. The monoisotopic (exact) mass is 319 g/mol. The lowest BCUT2D eigenvalue weighted by Crippen LogP contribution is -2.18. The molecular weight excluding hydrogens is 298 g/mol. The maximum absolute atomic E-state index is 12.3. The molecule has 0 spiro atoms. The van der Waals surface area contributed by atoms with Crippen molar-refractivity contribution in [3.8, 4) is 6.07 Å². The standard InChI is InChI=1S/C20H21N3O/c1-14-9-15(2)19(16(3)10-14)23-20(24)18(11-21)13-22-12-17-7-5-4-6-8-17/h4-10,13,22H,12H2,1-3H3,(H,23,24)/b18-13-. The van der Waals surface area contributed by atoms with Crippen LogP contribution in [0.15, 0.2) is 54.2 Å². The molecule has 0 radical (unpaired) electrons. The zero-order chi connectivity index (χ0) is 17.5.